The Morgan fingerprint density at radius 2 is 1.70 bits per heavy atom. The van der Waals surface area contributed by atoms with Crippen LogP contribution in [-0.4, -0.2) is 31.0 Å². The van der Waals surface area contributed by atoms with Gasteiger partial charge in [0.1, 0.15) is 5.56 Å². The molecule has 3 aromatic rings. The second kappa shape index (κ2) is 7.45. The van der Waals surface area contributed by atoms with Gasteiger partial charge >= 0.3 is 0 Å². The second-order valence-electron chi connectivity index (χ2n) is 10.8. The molecule has 0 aromatic carbocycles. The maximum Gasteiger partial charge on any atom is 0.261 e. The van der Waals surface area contributed by atoms with E-state index < -0.39 is 0 Å². The number of anilines is 2. The predicted molar refractivity (Wildman–Crippen MR) is 122 cm³/mol. The zero-order valence-corrected chi connectivity index (χ0v) is 19.3. The van der Waals surface area contributed by atoms with Gasteiger partial charge in [-0.05, 0) is 37.8 Å². The number of pyridine rings is 1. The maximum atomic E-state index is 12.9. The molecule has 3 aromatic heterocycles. The molecule has 0 spiro atoms. The summed E-state index contributed by atoms with van der Waals surface area (Å²) in [6, 6.07) is 3.52. The highest BCUT2D eigenvalue weighted by Crippen LogP contribution is 2.35. The maximum absolute atomic E-state index is 12.9. The summed E-state index contributed by atoms with van der Waals surface area (Å²) in [5.41, 5.74) is 2.56. The number of aromatic nitrogens is 4. The summed E-state index contributed by atoms with van der Waals surface area (Å²) >= 11 is 0. The normalized spacial score (nSPS) is 12.9. The van der Waals surface area contributed by atoms with Gasteiger partial charge < -0.3 is 10.6 Å². The molecule has 0 fully saturated rings. The molecule has 3 N–H and O–H groups in total. The van der Waals surface area contributed by atoms with Gasteiger partial charge in [-0.1, -0.05) is 41.5 Å². The van der Waals surface area contributed by atoms with Gasteiger partial charge in [-0.3, -0.25) is 14.9 Å². The third-order valence-corrected chi connectivity index (χ3v) is 4.78. The van der Waals surface area contributed by atoms with Gasteiger partial charge in [0.25, 0.3) is 5.91 Å². The summed E-state index contributed by atoms with van der Waals surface area (Å²) < 4.78 is 1.88. The molecule has 0 aliphatic carbocycles. The van der Waals surface area contributed by atoms with Crippen molar-refractivity contribution in [1.29, 1.82) is 0 Å². The number of imidazole rings is 1. The first-order valence-electron chi connectivity index (χ1n) is 10.4. The zero-order chi connectivity index (χ0) is 22.3. The van der Waals surface area contributed by atoms with Crippen LogP contribution in [0.2, 0.25) is 0 Å². The van der Waals surface area contributed by atoms with Crippen LogP contribution in [0.15, 0.2) is 30.7 Å². The average Bonchev–Trinajstić information content (AvgIpc) is 3.13. The predicted octanol–water partition coefficient (Wildman–Crippen LogP) is 5.23. The SMILES string of the molecule is CC(C)(C)CC(C)(C)Nc1c(C(C)(C)C)nc2c(C(=O)Nc3ccncc3)c[nH]n12. The Labute approximate surface area is 178 Å². The molecular formula is C23H34N6O. The lowest BCUT2D eigenvalue weighted by molar-refractivity contribution is 0.102. The Bertz CT molecular complexity index is 1030. The molecule has 0 saturated heterocycles. The minimum atomic E-state index is -0.210. The summed E-state index contributed by atoms with van der Waals surface area (Å²) in [5.74, 6) is 0.688. The molecule has 3 rings (SSSR count). The van der Waals surface area contributed by atoms with E-state index >= 15 is 0 Å². The highest BCUT2D eigenvalue weighted by molar-refractivity contribution is 6.08. The fourth-order valence-corrected chi connectivity index (χ4v) is 4.05. The molecule has 3 heterocycles. The summed E-state index contributed by atoms with van der Waals surface area (Å²) in [4.78, 5) is 21.8. The highest BCUT2D eigenvalue weighted by atomic mass is 16.1. The van der Waals surface area contributed by atoms with Gasteiger partial charge in [0, 0.05) is 35.2 Å². The molecule has 0 saturated carbocycles. The van der Waals surface area contributed by atoms with Crippen molar-refractivity contribution in [3.05, 3.63) is 42.0 Å². The van der Waals surface area contributed by atoms with E-state index in [1.54, 1.807) is 30.7 Å². The summed E-state index contributed by atoms with van der Waals surface area (Å²) in [7, 11) is 0. The van der Waals surface area contributed by atoms with Crippen molar-refractivity contribution >= 4 is 23.1 Å². The van der Waals surface area contributed by atoms with Crippen LogP contribution in [0, 0.1) is 5.41 Å². The lowest BCUT2D eigenvalue weighted by Gasteiger charge is -2.34. The number of aromatic amines is 1. The second-order valence-corrected chi connectivity index (χ2v) is 10.8. The summed E-state index contributed by atoms with van der Waals surface area (Å²) in [5, 5.41) is 9.83. The zero-order valence-electron chi connectivity index (χ0n) is 19.3. The van der Waals surface area contributed by atoms with Crippen LogP contribution in [0.4, 0.5) is 11.5 Å². The highest BCUT2D eigenvalue weighted by Gasteiger charge is 2.32. The fourth-order valence-electron chi connectivity index (χ4n) is 4.05. The average molecular weight is 411 g/mol. The first kappa shape index (κ1) is 21.9. The number of fused-ring (bicyclic) bond motifs is 1. The lowest BCUT2D eigenvalue weighted by Crippen LogP contribution is -2.36. The van der Waals surface area contributed by atoms with Crippen molar-refractivity contribution in [2.45, 2.75) is 72.8 Å². The van der Waals surface area contributed by atoms with E-state index in [1.807, 2.05) is 4.52 Å². The van der Waals surface area contributed by atoms with Gasteiger partial charge in [-0.25, -0.2) is 9.50 Å². The Kier molecular flexibility index (Phi) is 5.43. The van der Waals surface area contributed by atoms with Crippen molar-refractivity contribution in [2.75, 3.05) is 10.6 Å². The smallest absolute Gasteiger partial charge is 0.261 e. The van der Waals surface area contributed by atoms with Crippen molar-refractivity contribution in [3.63, 3.8) is 0 Å². The molecular weight excluding hydrogens is 376 g/mol. The quantitative estimate of drug-likeness (QED) is 0.537. The monoisotopic (exact) mass is 410 g/mol. The number of nitrogens with one attached hydrogen (secondary N) is 3. The van der Waals surface area contributed by atoms with E-state index in [0.717, 1.165) is 17.9 Å². The first-order valence-corrected chi connectivity index (χ1v) is 10.4. The van der Waals surface area contributed by atoms with E-state index in [2.05, 4.69) is 76.1 Å². The largest absolute Gasteiger partial charge is 0.364 e. The fraction of sp³-hybridized carbons (Fsp3) is 0.522. The third kappa shape index (κ3) is 4.83. The topological polar surface area (TPSA) is 87.1 Å². The van der Waals surface area contributed by atoms with Crippen molar-refractivity contribution in [1.82, 2.24) is 19.6 Å². The van der Waals surface area contributed by atoms with E-state index in [4.69, 9.17) is 4.98 Å². The van der Waals surface area contributed by atoms with Crippen molar-refractivity contribution in [3.8, 4) is 0 Å². The van der Waals surface area contributed by atoms with Crippen LogP contribution in [0.3, 0.4) is 0 Å². The standard InChI is InChI=1S/C23H34N6O/c1-21(2,3)14-23(7,8)28-19-17(22(4,5)6)27-18-16(13-25-29(18)19)20(30)26-15-9-11-24-12-10-15/h9-13,25,28H,14H2,1-8H3,(H,24,26,30). The molecule has 162 valence electrons. The van der Waals surface area contributed by atoms with E-state index in [9.17, 15) is 4.79 Å². The molecule has 0 unspecified atom stereocenters. The minimum Gasteiger partial charge on any atom is -0.364 e. The lowest BCUT2D eigenvalue weighted by atomic mass is 9.81. The van der Waals surface area contributed by atoms with Gasteiger partial charge in [0.15, 0.2) is 11.5 Å². The number of rotatable bonds is 5. The number of nitrogens with zero attached hydrogens (tertiary/aromatic N) is 3. The molecule has 7 nitrogen and oxygen atoms in total. The number of hydrogen-bond donors (Lipinski definition) is 3. The van der Waals surface area contributed by atoms with Crippen LogP contribution in [0.5, 0.6) is 0 Å². The molecule has 0 radical (unpaired) electrons. The third-order valence-electron chi connectivity index (χ3n) is 4.78. The van der Waals surface area contributed by atoms with E-state index in [0.29, 0.717) is 16.9 Å². The van der Waals surface area contributed by atoms with Gasteiger partial charge in [-0.2, -0.15) is 0 Å². The number of carbonyl (C=O) groups excluding carboxylic acids is 1. The first-order chi connectivity index (χ1) is 13.8. The number of hydrogen-bond acceptors (Lipinski definition) is 4. The van der Waals surface area contributed by atoms with Gasteiger partial charge in [0.2, 0.25) is 0 Å². The molecule has 1 amide bonds. The molecule has 0 bridgehead atoms. The number of H-pyrrole nitrogens is 1. The molecule has 0 aliphatic heterocycles. The van der Waals surface area contributed by atoms with Crippen molar-refractivity contribution < 1.29 is 4.79 Å². The van der Waals surface area contributed by atoms with Crippen LogP contribution in [0.25, 0.3) is 5.65 Å². The Morgan fingerprint density at radius 3 is 2.27 bits per heavy atom. The Balaban J connectivity index is 2.02. The van der Waals surface area contributed by atoms with E-state index in [1.165, 1.54) is 0 Å². The number of amides is 1. The number of carbonyl (C=O) groups is 1. The molecule has 30 heavy (non-hydrogen) atoms. The van der Waals surface area contributed by atoms with Crippen LogP contribution < -0.4 is 10.6 Å². The van der Waals surface area contributed by atoms with Crippen LogP contribution in [-0.2, 0) is 5.41 Å². The molecule has 7 heteroatoms. The molecule has 0 aliphatic rings. The van der Waals surface area contributed by atoms with Crippen molar-refractivity contribution in [2.24, 2.45) is 5.41 Å². The van der Waals surface area contributed by atoms with Crippen LogP contribution >= 0.6 is 0 Å². The van der Waals surface area contributed by atoms with Crippen LogP contribution in [0.1, 0.15) is 77.9 Å². The van der Waals surface area contributed by atoms with Gasteiger partial charge in [-0.15, -0.1) is 0 Å². The Morgan fingerprint density at radius 1 is 1.07 bits per heavy atom. The van der Waals surface area contributed by atoms with E-state index in [-0.39, 0.29) is 22.3 Å². The van der Waals surface area contributed by atoms with Gasteiger partial charge in [0.05, 0.1) is 5.69 Å². The summed E-state index contributed by atoms with van der Waals surface area (Å²) in [6.07, 6.45) is 5.98. The minimum absolute atomic E-state index is 0.154. The summed E-state index contributed by atoms with van der Waals surface area (Å²) in [6.45, 7) is 17.5. The Hall–Kier alpha value is -2.83. The molecule has 0 atom stereocenters.